The highest BCUT2D eigenvalue weighted by Crippen LogP contribution is 2.25. The van der Waals surface area contributed by atoms with E-state index < -0.39 is 0 Å². The van der Waals surface area contributed by atoms with Crippen LogP contribution in [0.1, 0.15) is 11.7 Å². The number of hydrogen-bond acceptors (Lipinski definition) is 10. The van der Waals surface area contributed by atoms with Crippen molar-refractivity contribution in [3.05, 3.63) is 53.5 Å². The number of thioether (sulfide) groups is 1. The summed E-state index contributed by atoms with van der Waals surface area (Å²) in [5.74, 6) is 9.44. The van der Waals surface area contributed by atoms with E-state index in [0.717, 1.165) is 4.88 Å². The zero-order valence-corrected chi connectivity index (χ0v) is 16.4. The molecule has 0 unspecified atom stereocenters. The molecule has 0 aliphatic carbocycles. The summed E-state index contributed by atoms with van der Waals surface area (Å²) in [6.45, 7) is 0.181. The molecule has 0 radical (unpaired) electrons. The molecule has 3 heterocycles. The van der Waals surface area contributed by atoms with Crippen molar-refractivity contribution in [1.82, 2.24) is 25.0 Å². The second-order valence-corrected chi connectivity index (χ2v) is 7.40. The fourth-order valence-corrected chi connectivity index (χ4v) is 3.65. The van der Waals surface area contributed by atoms with E-state index >= 15 is 0 Å². The summed E-state index contributed by atoms with van der Waals surface area (Å²) >= 11 is 2.91. The van der Waals surface area contributed by atoms with E-state index in [1.54, 1.807) is 24.5 Å². The van der Waals surface area contributed by atoms with Crippen molar-refractivity contribution in [2.75, 3.05) is 13.0 Å². The predicted molar refractivity (Wildman–Crippen MR) is 105 cm³/mol. The second-order valence-electron chi connectivity index (χ2n) is 5.51. The molecule has 0 amide bonds. The van der Waals surface area contributed by atoms with Crippen molar-refractivity contribution in [2.45, 2.75) is 17.5 Å². The van der Waals surface area contributed by atoms with E-state index in [0.29, 0.717) is 39.9 Å². The normalized spacial score (nSPS) is 10.9. The van der Waals surface area contributed by atoms with Gasteiger partial charge in [-0.15, -0.1) is 21.5 Å². The SMILES string of the molecule is COc1cccc(OCc2nnc(SCc3nc(-c4cccs4)no3)n2N)c1. The van der Waals surface area contributed by atoms with Gasteiger partial charge in [0.25, 0.3) is 0 Å². The lowest BCUT2D eigenvalue weighted by atomic mass is 10.3. The summed E-state index contributed by atoms with van der Waals surface area (Å²) in [7, 11) is 1.60. The third kappa shape index (κ3) is 4.10. The molecule has 2 N–H and O–H groups in total. The summed E-state index contributed by atoms with van der Waals surface area (Å²) < 4.78 is 17.5. The summed E-state index contributed by atoms with van der Waals surface area (Å²) in [6, 6.07) is 11.2. The van der Waals surface area contributed by atoms with E-state index in [1.807, 2.05) is 35.7 Å². The second kappa shape index (κ2) is 8.31. The number of ether oxygens (including phenoxy) is 2. The molecular weight excluding hydrogens is 400 g/mol. The lowest BCUT2D eigenvalue weighted by Gasteiger charge is -2.07. The minimum absolute atomic E-state index is 0.181. The van der Waals surface area contributed by atoms with E-state index in [2.05, 4.69) is 20.3 Å². The molecule has 0 atom stereocenters. The number of hydrogen-bond donors (Lipinski definition) is 1. The molecule has 0 spiro atoms. The van der Waals surface area contributed by atoms with Crippen LogP contribution in [0.4, 0.5) is 0 Å². The van der Waals surface area contributed by atoms with Crippen LogP contribution in [0.5, 0.6) is 11.5 Å². The monoisotopic (exact) mass is 416 g/mol. The molecular formula is C17H16N6O3S2. The minimum atomic E-state index is 0.181. The van der Waals surface area contributed by atoms with Gasteiger partial charge in [-0.25, -0.2) is 4.68 Å². The maximum absolute atomic E-state index is 6.07. The number of aromatic nitrogens is 5. The molecule has 0 saturated heterocycles. The van der Waals surface area contributed by atoms with Gasteiger partial charge in [0, 0.05) is 6.07 Å². The Kier molecular flexibility index (Phi) is 5.44. The molecule has 0 saturated carbocycles. The first-order valence-electron chi connectivity index (χ1n) is 8.18. The number of thiophene rings is 1. The summed E-state index contributed by atoms with van der Waals surface area (Å²) in [4.78, 5) is 5.33. The van der Waals surface area contributed by atoms with Gasteiger partial charge >= 0.3 is 0 Å². The largest absolute Gasteiger partial charge is 0.497 e. The van der Waals surface area contributed by atoms with Gasteiger partial charge in [0.05, 0.1) is 17.7 Å². The average Bonchev–Trinajstić information content (AvgIpc) is 3.47. The highest BCUT2D eigenvalue weighted by Gasteiger charge is 2.14. The Balaban J connectivity index is 1.35. The van der Waals surface area contributed by atoms with Crippen molar-refractivity contribution in [1.29, 1.82) is 0 Å². The molecule has 0 bridgehead atoms. The lowest BCUT2D eigenvalue weighted by molar-refractivity contribution is 0.289. The molecule has 4 aromatic rings. The fourth-order valence-electron chi connectivity index (χ4n) is 2.29. The smallest absolute Gasteiger partial charge is 0.237 e. The maximum atomic E-state index is 6.07. The Morgan fingerprint density at radius 3 is 2.93 bits per heavy atom. The number of nitrogens with zero attached hydrogens (tertiary/aromatic N) is 5. The lowest BCUT2D eigenvalue weighted by Crippen LogP contribution is -2.15. The maximum Gasteiger partial charge on any atom is 0.237 e. The van der Waals surface area contributed by atoms with Crippen LogP contribution in [0, 0.1) is 0 Å². The Morgan fingerprint density at radius 1 is 1.21 bits per heavy atom. The predicted octanol–water partition coefficient (Wildman–Crippen LogP) is 2.98. The van der Waals surface area contributed by atoms with Crippen molar-refractivity contribution in [3.63, 3.8) is 0 Å². The van der Waals surface area contributed by atoms with E-state index in [4.69, 9.17) is 19.8 Å². The van der Waals surface area contributed by atoms with Crippen molar-refractivity contribution >= 4 is 23.1 Å². The molecule has 0 aliphatic rings. The van der Waals surface area contributed by atoms with Crippen LogP contribution in [0.15, 0.2) is 51.5 Å². The molecule has 3 aromatic heterocycles. The van der Waals surface area contributed by atoms with Crippen LogP contribution in [0.25, 0.3) is 10.7 Å². The summed E-state index contributed by atoms with van der Waals surface area (Å²) in [6.07, 6.45) is 0. The van der Waals surface area contributed by atoms with Crippen LogP contribution >= 0.6 is 23.1 Å². The average molecular weight is 416 g/mol. The van der Waals surface area contributed by atoms with E-state index in [9.17, 15) is 0 Å². The molecule has 4 rings (SSSR count). The van der Waals surface area contributed by atoms with Gasteiger partial charge in [-0.1, -0.05) is 29.1 Å². The van der Waals surface area contributed by atoms with Crippen LogP contribution in [-0.2, 0) is 12.4 Å². The zero-order valence-electron chi connectivity index (χ0n) is 14.8. The van der Waals surface area contributed by atoms with Gasteiger partial charge in [0.15, 0.2) is 5.82 Å². The first kappa shape index (κ1) is 18.3. The van der Waals surface area contributed by atoms with E-state index in [1.165, 1.54) is 16.4 Å². The number of nitrogens with two attached hydrogens (primary N) is 1. The van der Waals surface area contributed by atoms with E-state index in [-0.39, 0.29) is 6.61 Å². The van der Waals surface area contributed by atoms with Crippen LogP contribution in [-0.4, -0.2) is 32.1 Å². The highest BCUT2D eigenvalue weighted by molar-refractivity contribution is 7.98. The first-order chi connectivity index (χ1) is 13.7. The third-order valence-electron chi connectivity index (χ3n) is 3.68. The van der Waals surface area contributed by atoms with Crippen LogP contribution in [0.3, 0.4) is 0 Å². The molecule has 11 heteroatoms. The summed E-state index contributed by atoms with van der Waals surface area (Å²) in [5, 5.41) is 14.6. The Labute approximate surface area is 168 Å². The van der Waals surface area contributed by atoms with Crippen LogP contribution in [0.2, 0.25) is 0 Å². The van der Waals surface area contributed by atoms with Crippen molar-refractivity contribution in [3.8, 4) is 22.2 Å². The molecule has 1 aromatic carbocycles. The zero-order chi connectivity index (χ0) is 19.3. The van der Waals surface area contributed by atoms with Gasteiger partial charge in [-0.05, 0) is 23.6 Å². The van der Waals surface area contributed by atoms with Gasteiger partial charge in [0.2, 0.25) is 16.9 Å². The van der Waals surface area contributed by atoms with Gasteiger partial charge in [-0.3, -0.25) is 0 Å². The van der Waals surface area contributed by atoms with Crippen LogP contribution < -0.4 is 15.3 Å². The van der Waals surface area contributed by atoms with Crippen molar-refractivity contribution in [2.24, 2.45) is 0 Å². The molecule has 28 heavy (non-hydrogen) atoms. The standard InChI is InChI=1S/C17H16N6O3S2/c1-24-11-4-2-5-12(8-11)25-9-14-20-21-17(23(14)18)28-10-15-19-16(22-26-15)13-6-3-7-27-13/h2-8H,9-10,18H2,1H3. The van der Waals surface area contributed by atoms with Crippen molar-refractivity contribution < 1.29 is 14.0 Å². The Bertz CT molecular complexity index is 1050. The molecule has 9 nitrogen and oxygen atoms in total. The molecule has 0 fully saturated rings. The number of benzene rings is 1. The summed E-state index contributed by atoms with van der Waals surface area (Å²) in [5.41, 5.74) is 0. The number of nitrogen functional groups attached to an aromatic ring is 1. The number of rotatable bonds is 8. The van der Waals surface area contributed by atoms with Gasteiger partial charge in [0.1, 0.15) is 18.1 Å². The molecule has 144 valence electrons. The fraction of sp³-hybridized carbons (Fsp3) is 0.176. The Hall–Kier alpha value is -3.05. The van der Waals surface area contributed by atoms with Gasteiger partial charge in [-0.2, -0.15) is 4.98 Å². The first-order valence-corrected chi connectivity index (χ1v) is 10.0. The minimum Gasteiger partial charge on any atom is -0.497 e. The topological polar surface area (TPSA) is 114 Å². The number of methoxy groups -OCH3 is 1. The quantitative estimate of drug-likeness (QED) is 0.342. The van der Waals surface area contributed by atoms with Gasteiger partial charge < -0.3 is 19.8 Å². The molecule has 0 aliphatic heterocycles. The Morgan fingerprint density at radius 2 is 2.11 bits per heavy atom. The highest BCUT2D eigenvalue weighted by atomic mass is 32.2. The third-order valence-corrected chi connectivity index (χ3v) is 5.47.